The molecule has 0 aliphatic carbocycles. The molecule has 8 nitrogen and oxygen atoms in total. The number of nitrogens with one attached hydrogen (secondary N) is 1. The summed E-state index contributed by atoms with van der Waals surface area (Å²) in [6.07, 6.45) is -3.12. The summed E-state index contributed by atoms with van der Waals surface area (Å²) in [6, 6.07) is 7.98. The fourth-order valence-corrected chi connectivity index (χ4v) is 4.97. The number of nitrogens with zero attached hydrogens (tertiary/aromatic N) is 6. The Morgan fingerprint density at radius 2 is 1.67 bits per heavy atom. The van der Waals surface area contributed by atoms with E-state index >= 15 is 0 Å². The van der Waals surface area contributed by atoms with E-state index in [0.29, 0.717) is 30.3 Å². The lowest BCUT2D eigenvalue weighted by molar-refractivity contribution is -0.138. The Hall–Kier alpha value is -3.77. The molecule has 39 heavy (non-hydrogen) atoms. The van der Waals surface area contributed by atoms with Crippen LogP contribution in [0.1, 0.15) is 28.4 Å². The second-order valence-electron chi connectivity index (χ2n) is 9.69. The minimum atomic E-state index is -4.54. The van der Waals surface area contributed by atoms with Crippen LogP contribution in [-0.4, -0.2) is 72.5 Å². The summed E-state index contributed by atoms with van der Waals surface area (Å²) in [5.74, 6) is -0.537. The zero-order valence-corrected chi connectivity index (χ0v) is 21.9. The maximum atomic E-state index is 14.1. The Balaban J connectivity index is 1.43. The highest BCUT2D eigenvalue weighted by atomic mass is 19.4. The Morgan fingerprint density at radius 1 is 0.949 bits per heavy atom. The number of hydrogen-bond donors (Lipinski definition) is 1. The van der Waals surface area contributed by atoms with Gasteiger partial charge in [-0.2, -0.15) is 18.2 Å². The van der Waals surface area contributed by atoms with Gasteiger partial charge in [-0.15, -0.1) is 0 Å². The molecule has 0 spiro atoms. The zero-order valence-electron chi connectivity index (χ0n) is 21.9. The molecule has 5 rings (SSSR count). The molecule has 2 aliphatic rings. The van der Waals surface area contributed by atoms with Crippen LogP contribution in [0.15, 0.2) is 42.6 Å². The predicted molar refractivity (Wildman–Crippen MR) is 141 cm³/mol. The highest BCUT2D eigenvalue weighted by Crippen LogP contribution is 2.39. The number of halogens is 4. The van der Waals surface area contributed by atoms with E-state index in [-0.39, 0.29) is 35.2 Å². The molecule has 12 heteroatoms. The van der Waals surface area contributed by atoms with Crippen molar-refractivity contribution in [1.29, 1.82) is 0 Å². The molecular weight excluding hydrogens is 514 g/mol. The predicted octanol–water partition coefficient (Wildman–Crippen LogP) is 4.87. The van der Waals surface area contributed by atoms with Crippen LogP contribution < -0.4 is 15.1 Å². The van der Waals surface area contributed by atoms with E-state index in [1.54, 1.807) is 25.1 Å². The van der Waals surface area contributed by atoms with Gasteiger partial charge in [-0.25, -0.2) is 9.37 Å². The third-order valence-corrected chi connectivity index (χ3v) is 7.26. The number of carbonyl (C=O) groups excluding carboxylic acids is 1. The first-order valence-corrected chi connectivity index (χ1v) is 12.7. The molecule has 206 valence electrons. The van der Waals surface area contributed by atoms with Crippen LogP contribution in [0, 0.1) is 5.82 Å². The van der Waals surface area contributed by atoms with Crippen LogP contribution in [0.3, 0.4) is 0 Å². The number of amides is 1. The standard InChI is InChI=1S/C27H29F4N7O/c1-4-37-9-11-38(12-10-37)16-17-5-7-19(14-21(17)27(29,30)31)33-26-32-15-23-24(34-26)35(2)22-13-18(28)6-8-20(22)25(39)36(23)3/h5-8,13-15H,4,9-12,16H2,1-3H3,(H,32,33,34). The fraction of sp³-hybridized carbons (Fsp3) is 0.370. The molecule has 0 bridgehead atoms. The first-order chi connectivity index (χ1) is 18.5. The summed E-state index contributed by atoms with van der Waals surface area (Å²) in [6.45, 7) is 6.31. The SMILES string of the molecule is CCN1CCN(Cc2ccc(Nc3ncc4c(n3)N(C)c3cc(F)ccc3C(=O)N4C)cc2C(F)(F)F)CC1. The van der Waals surface area contributed by atoms with Crippen molar-refractivity contribution in [2.45, 2.75) is 19.6 Å². The Morgan fingerprint density at radius 3 is 2.36 bits per heavy atom. The number of alkyl halides is 3. The molecule has 3 aromatic rings. The normalized spacial score (nSPS) is 16.6. The second kappa shape index (κ2) is 10.4. The highest BCUT2D eigenvalue weighted by molar-refractivity contribution is 6.13. The third kappa shape index (κ3) is 5.39. The first kappa shape index (κ1) is 26.8. The van der Waals surface area contributed by atoms with Crippen molar-refractivity contribution in [2.75, 3.05) is 61.9 Å². The average molecular weight is 544 g/mol. The highest BCUT2D eigenvalue weighted by Gasteiger charge is 2.34. The van der Waals surface area contributed by atoms with Gasteiger partial charge in [0, 0.05) is 52.5 Å². The van der Waals surface area contributed by atoms with Gasteiger partial charge in [0.1, 0.15) is 11.5 Å². The number of aromatic nitrogens is 2. The maximum absolute atomic E-state index is 14.1. The van der Waals surface area contributed by atoms with Crippen LogP contribution in [-0.2, 0) is 12.7 Å². The molecule has 3 heterocycles. The monoisotopic (exact) mass is 543 g/mol. The molecule has 2 aromatic carbocycles. The Kier molecular flexibility index (Phi) is 7.17. The number of anilines is 5. The molecule has 1 aromatic heterocycles. The van der Waals surface area contributed by atoms with Gasteiger partial charge in [-0.3, -0.25) is 9.69 Å². The van der Waals surface area contributed by atoms with E-state index in [1.807, 2.05) is 4.90 Å². The minimum Gasteiger partial charge on any atom is -0.327 e. The number of likely N-dealkylation sites (N-methyl/N-ethyl adjacent to an activating group) is 1. The number of fused-ring (bicyclic) bond motifs is 2. The molecule has 0 saturated carbocycles. The van der Waals surface area contributed by atoms with Crippen LogP contribution in [0.5, 0.6) is 0 Å². The summed E-state index contributed by atoms with van der Waals surface area (Å²) >= 11 is 0. The number of benzene rings is 2. The lowest BCUT2D eigenvalue weighted by Gasteiger charge is -2.34. The molecular formula is C27H29F4N7O. The minimum absolute atomic E-state index is 0.0397. The summed E-state index contributed by atoms with van der Waals surface area (Å²) in [7, 11) is 3.19. The van der Waals surface area contributed by atoms with Crippen molar-refractivity contribution in [3.05, 3.63) is 65.1 Å². The average Bonchev–Trinajstić information content (AvgIpc) is 2.99. The van der Waals surface area contributed by atoms with Crippen LogP contribution in [0.2, 0.25) is 0 Å². The van der Waals surface area contributed by atoms with E-state index < -0.39 is 17.6 Å². The summed E-state index contributed by atoms with van der Waals surface area (Å²) in [5.41, 5.74) is 0.647. The van der Waals surface area contributed by atoms with Gasteiger partial charge >= 0.3 is 6.18 Å². The van der Waals surface area contributed by atoms with Crippen molar-refractivity contribution in [1.82, 2.24) is 19.8 Å². The lowest BCUT2D eigenvalue weighted by Crippen LogP contribution is -2.45. The summed E-state index contributed by atoms with van der Waals surface area (Å²) < 4.78 is 56.2. The van der Waals surface area contributed by atoms with Gasteiger partial charge < -0.3 is 20.0 Å². The van der Waals surface area contributed by atoms with E-state index in [4.69, 9.17) is 0 Å². The van der Waals surface area contributed by atoms with E-state index in [0.717, 1.165) is 25.7 Å². The topological polar surface area (TPSA) is 67.8 Å². The van der Waals surface area contributed by atoms with Gasteiger partial charge in [0.15, 0.2) is 5.82 Å². The van der Waals surface area contributed by atoms with Crippen LogP contribution in [0.25, 0.3) is 0 Å². The molecule has 1 fully saturated rings. The van der Waals surface area contributed by atoms with E-state index in [2.05, 4.69) is 27.1 Å². The smallest absolute Gasteiger partial charge is 0.327 e. The van der Waals surface area contributed by atoms with Gasteiger partial charge in [0.25, 0.3) is 5.91 Å². The molecule has 1 amide bonds. The number of piperazine rings is 1. The Labute approximate surface area is 223 Å². The fourth-order valence-electron chi connectivity index (χ4n) is 4.97. The molecule has 1 N–H and O–H groups in total. The van der Waals surface area contributed by atoms with Crippen molar-refractivity contribution in [2.24, 2.45) is 0 Å². The molecule has 0 atom stereocenters. The number of rotatable bonds is 5. The number of carbonyl (C=O) groups is 1. The molecule has 2 aliphatic heterocycles. The van der Waals surface area contributed by atoms with Gasteiger partial charge in [-0.05, 0) is 42.4 Å². The van der Waals surface area contributed by atoms with Crippen molar-refractivity contribution < 1.29 is 22.4 Å². The Bertz CT molecular complexity index is 1390. The van der Waals surface area contributed by atoms with Crippen molar-refractivity contribution >= 4 is 34.7 Å². The third-order valence-electron chi connectivity index (χ3n) is 7.26. The van der Waals surface area contributed by atoms with Crippen LogP contribution in [0.4, 0.5) is 46.4 Å². The molecule has 0 radical (unpaired) electrons. The van der Waals surface area contributed by atoms with Crippen molar-refractivity contribution in [3.63, 3.8) is 0 Å². The molecule has 0 unspecified atom stereocenters. The summed E-state index contributed by atoms with van der Waals surface area (Å²) in [4.78, 5) is 28.9. The summed E-state index contributed by atoms with van der Waals surface area (Å²) in [5, 5.41) is 2.87. The van der Waals surface area contributed by atoms with E-state index in [1.165, 1.54) is 35.4 Å². The van der Waals surface area contributed by atoms with Gasteiger partial charge in [-0.1, -0.05) is 13.0 Å². The molecule has 1 saturated heterocycles. The maximum Gasteiger partial charge on any atom is 0.416 e. The van der Waals surface area contributed by atoms with Gasteiger partial charge in [0.2, 0.25) is 5.95 Å². The zero-order chi connectivity index (χ0) is 27.9. The van der Waals surface area contributed by atoms with Crippen molar-refractivity contribution in [3.8, 4) is 0 Å². The van der Waals surface area contributed by atoms with Gasteiger partial charge in [0.05, 0.1) is 23.0 Å². The first-order valence-electron chi connectivity index (χ1n) is 12.7. The number of hydrogen-bond acceptors (Lipinski definition) is 7. The van der Waals surface area contributed by atoms with Crippen LogP contribution >= 0.6 is 0 Å². The van der Waals surface area contributed by atoms with E-state index in [9.17, 15) is 22.4 Å². The largest absolute Gasteiger partial charge is 0.416 e. The lowest BCUT2D eigenvalue weighted by atomic mass is 10.0. The quantitative estimate of drug-likeness (QED) is 0.461. The second-order valence-corrected chi connectivity index (χ2v) is 9.69.